The summed E-state index contributed by atoms with van der Waals surface area (Å²) in [7, 11) is 0. The van der Waals surface area contributed by atoms with Crippen molar-refractivity contribution in [1.82, 2.24) is 0 Å². The fourth-order valence-electron chi connectivity index (χ4n) is 1.53. The van der Waals surface area contributed by atoms with Gasteiger partial charge in [-0.05, 0) is 23.8 Å². The van der Waals surface area contributed by atoms with E-state index in [0.29, 0.717) is 13.2 Å². The average Bonchev–Trinajstić information content (AvgIpc) is 2.34. The van der Waals surface area contributed by atoms with Gasteiger partial charge in [-0.15, -0.1) is 0 Å². The van der Waals surface area contributed by atoms with Gasteiger partial charge in [0.15, 0.2) is 0 Å². The molecule has 0 aliphatic carbocycles. The minimum Gasteiger partial charge on any atom is -0.398 e. The van der Waals surface area contributed by atoms with Crippen LogP contribution >= 0.6 is 15.9 Å². The van der Waals surface area contributed by atoms with Crippen LogP contribution in [0.1, 0.15) is 11.1 Å². The van der Waals surface area contributed by atoms with Gasteiger partial charge in [-0.25, -0.2) is 0 Å². The van der Waals surface area contributed by atoms with E-state index in [1.54, 1.807) is 0 Å². The highest BCUT2D eigenvalue weighted by molar-refractivity contribution is 9.10. The van der Waals surface area contributed by atoms with E-state index in [0.717, 1.165) is 21.3 Å². The van der Waals surface area contributed by atoms with Crippen LogP contribution in [0.5, 0.6) is 0 Å². The predicted octanol–water partition coefficient (Wildman–Crippen LogP) is 3.75. The molecule has 2 aromatic carbocycles. The summed E-state index contributed by atoms with van der Waals surface area (Å²) in [4.78, 5) is 0. The number of nitrogen functional groups attached to an aromatic ring is 1. The number of anilines is 1. The number of nitrogens with two attached hydrogens (primary N) is 1. The first-order chi connectivity index (χ1) is 8.25. The molecule has 0 aromatic heterocycles. The highest BCUT2D eigenvalue weighted by Crippen LogP contribution is 2.14. The summed E-state index contributed by atoms with van der Waals surface area (Å²) >= 11 is 3.40. The van der Waals surface area contributed by atoms with Crippen LogP contribution in [-0.4, -0.2) is 0 Å². The lowest BCUT2D eigenvalue weighted by Crippen LogP contribution is -1.98. The number of hydrogen-bond acceptors (Lipinski definition) is 2. The Kier molecular flexibility index (Phi) is 4.18. The van der Waals surface area contributed by atoms with Gasteiger partial charge in [0.1, 0.15) is 0 Å². The fourth-order valence-corrected chi connectivity index (χ4v) is 1.79. The predicted molar refractivity (Wildman–Crippen MR) is 73.5 cm³/mol. The Bertz CT molecular complexity index is 482. The summed E-state index contributed by atoms with van der Waals surface area (Å²) in [5.74, 6) is 0. The molecule has 17 heavy (non-hydrogen) atoms. The van der Waals surface area contributed by atoms with Gasteiger partial charge in [-0.2, -0.15) is 0 Å². The first-order valence-electron chi connectivity index (χ1n) is 5.41. The summed E-state index contributed by atoms with van der Waals surface area (Å²) in [6.07, 6.45) is 0. The second kappa shape index (κ2) is 5.84. The second-order valence-corrected chi connectivity index (χ2v) is 4.73. The third-order valence-electron chi connectivity index (χ3n) is 2.49. The molecular weight excluding hydrogens is 278 g/mol. The Morgan fingerprint density at radius 2 is 1.65 bits per heavy atom. The van der Waals surface area contributed by atoms with E-state index < -0.39 is 0 Å². The summed E-state index contributed by atoms with van der Waals surface area (Å²) in [6, 6.07) is 15.9. The largest absolute Gasteiger partial charge is 0.398 e. The number of hydrogen-bond donors (Lipinski definition) is 1. The maximum atomic E-state index is 5.83. The molecule has 3 heteroatoms. The highest BCUT2D eigenvalue weighted by Gasteiger charge is 1.98. The zero-order valence-corrected chi connectivity index (χ0v) is 11.0. The maximum absolute atomic E-state index is 5.83. The molecule has 0 unspecified atom stereocenters. The van der Waals surface area contributed by atoms with Gasteiger partial charge in [0.2, 0.25) is 0 Å². The highest BCUT2D eigenvalue weighted by atomic mass is 79.9. The number of para-hydroxylation sites is 1. The standard InChI is InChI=1S/C14H14BrNO/c15-13-7-5-11(6-8-13)9-17-10-12-3-1-2-4-14(12)16/h1-8H,9-10,16H2. The molecule has 0 aliphatic heterocycles. The molecule has 2 N–H and O–H groups in total. The summed E-state index contributed by atoms with van der Waals surface area (Å²) in [5, 5.41) is 0. The number of rotatable bonds is 4. The summed E-state index contributed by atoms with van der Waals surface area (Å²) in [5.41, 5.74) is 8.80. The molecule has 0 atom stereocenters. The van der Waals surface area contributed by atoms with Gasteiger partial charge < -0.3 is 10.5 Å². The molecule has 2 nitrogen and oxygen atoms in total. The molecule has 0 heterocycles. The third kappa shape index (κ3) is 3.58. The van der Waals surface area contributed by atoms with E-state index in [9.17, 15) is 0 Å². The topological polar surface area (TPSA) is 35.2 Å². The first kappa shape index (κ1) is 12.1. The van der Waals surface area contributed by atoms with Crippen molar-refractivity contribution in [3.8, 4) is 0 Å². The molecule has 0 aliphatic rings. The van der Waals surface area contributed by atoms with Crippen LogP contribution in [0, 0.1) is 0 Å². The quantitative estimate of drug-likeness (QED) is 0.871. The Labute approximate surface area is 110 Å². The zero-order valence-electron chi connectivity index (χ0n) is 9.40. The van der Waals surface area contributed by atoms with Crippen LogP contribution < -0.4 is 5.73 Å². The van der Waals surface area contributed by atoms with Crippen LogP contribution in [0.25, 0.3) is 0 Å². The lowest BCUT2D eigenvalue weighted by Gasteiger charge is -2.07. The number of halogens is 1. The van der Waals surface area contributed by atoms with Gasteiger partial charge >= 0.3 is 0 Å². The van der Waals surface area contributed by atoms with Crippen molar-refractivity contribution in [2.45, 2.75) is 13.2 Å². The van der Waals surface area contributed by atoms with Gasteiger partial charge in [0.05, 0.1) is 13.2 Å². The molecule has 88 valence electrons. The summed E-state index contributed by atoms with van der Waals surface area (Å²) in [6.45, 7) is 1.14. The van der Waals surface area contributed by atoms with E-state index in [1.807, 2.05) is 48.5 Å². The zero-order chi connectivity index (χ0) is 12.1. The molecule has 0 saturated carbocycles. The first-order valence-corrected chi connectivity index (χ1v) is 6.20. The second-order valence-electron chi connectivity index (χ2n) is 3.82. The van der Waals surface area contributed by atoms with Gasteiger partial charge in [-0.1, -0.05) is 46.3 Å². The Morgan fingerprint density at radius 3 is 2.35 bits per heavy atom. The SMILES string of the molecule is Nc1ccccc1COCc1ccc(Br)cc1. The fraction of sp³-hybridized carbons (Fsp3) is 0.143. The van der Waals surface area contributed by atoms with E-state index in [4.69, 9.17) is 10.5 Å². The normalized spacial score (nSPS) is 10.4. The molecule has 2 rings (SSSR count). The molecule has 0 bridgehead atoms. The lowest BCUT2D eigenvalue weighted by atomic mass is 10.2. The Balaban J connectivity index is 1.88. The van der Waals surface area contributed by atoms with Gasteiger partial charge in [-0.3, -0.25) is 0 Å². The van der Waals surface area contributed by atoms with Crippen LogP contribution in [0.4, 0.5) is 5.69 Å². The van der Waals surface area contributed by atoms with Crippen molar-refractivity contribution in [2.75, 3.05) is 5.73 Å². The van der Waals surface area contributed by atoms with E-state index in [-0.39, 0.29) is 0 Å². The molecule has 0 fully saturated rings. The maximum Gasteiger partial charge on any atom is 0.0741 e. The molecule has 2 aromatic rings. The Hall–Kier alpha value is -1.32. The van der Waals surface area contributed by atoms with E-state index >= 15 is 0 Å². The minimum atomic E-state index is 0.544. The molecule has 0 amide bonds. The smallest absolute Gasteiger partial charge is 0.0741 e. The van der Waals surface area contributed by atoms with Crippen molar-refractivity contribution in [3.63, 3.8) is 0 Å². The van der Waals surface area contributed by atoms with Crippen molar-refractivity contribution < 1.29 is 4.74 Å². The van der Waals surface area contributed by atoms with E-state index in [1.165, 1.54) is 0 Å². The third-order valence-corrected chi connectivity index (χ3v) is 3.02. The van der Waals surface area contributed by atoms with Crippen molar-refractivity contribution in [2.24, 2.45) is 0 Å². The average molecular weight is 292 g/mol. The van der Waals surface area contributed by atoms with Crippen LogP contribution in [-0.2, 0) is 18.0 Å². The van der Waals surface area contributed by atoms with Crippen LogP contribution in [0.3, 0.4) is 0 Å². The monoisotopic (exact) mass is 291 g/mol. The minimum absolute atomic E-state index is 0.544. The van der Waals surface area contributed by atoms with E-state index in [2.05, 4.69) is 15.9 Å². The van der Waals surface area contributed by atoms with Crippen LogP contribution in [0.2, 0.25) is 0 Å². The van der Waals surface area contributed by atoms with Gasteiger partial charge in [0, 0.05) is 15.7 Å². The lowest BCUT2D eigenvalue weighted by molar-refractivity contribution is 0.107. The van der Waals surface area contributed by atoms with Crippen LogP contribution in [0.15, 0.2) is 53.0 Å². The van der Waals surface area contributed by atoms with Crippen molar-refractivity contribution in [1.29, 1.82) is 0 Å². The number of benzene rings is 2. The van der Waals surface area contributed by atoms with Gasteiger partial charge in [0.25, 0.3) is 0 Å². The van der Waals surface area contributed by atoms with Crippen molar-refractivity contribution in [3.05, 3.63) is 64.1 Å². The summed E-state index contributed by atoms with van der Waals surface area (Å²) < 4.78 is 6.71. The molecule has 0 saturated heterocycles. The molecule has 0 spiro atoms. The molecule has 0 radical (unpaired) electrons. The van der Waals surface area contributed by atoms with Crippen molar-refractivity contribution >= 4 is 21.6 Å². The number of ether oxygens (including phenoxy) is 1. The Morgan fingerprint density at radius 1 is 0.941 bits per heavy atom. The molecular formula is C14H14BrNO.